The van der Waals surface area contributed by atoms with Gasteiger partial charge in [0.25, 0.3) is 5.91 Å². The molecule has 1 aromatic rings. The van der Waals surface area contributed by atoms with Crippen LogP contribution in [0.2, 0.25) is 0 Å². The average molecular weight is 307 g/mol. The zero-order valence-electron chi connectivity index (χ0n) is 13.0. The maximum absolute atomic E-state index is 12.4. The summed E-state index contributed by atoms with van der Waals surface area (Å²) in [6.45, 7) is 5.14. The maximum atomic E-state index is 12.4. The van der Waals surface area contributed by atoms with Crippen molar-refractivity contribution in [2.75, 3.05) is 6.61 Å². The van der Waals surface area contributed by atoms with Gasteiger partial charge in [0.05, 0.1) is 17.0 Å². The summed E-state index contributed by atoms with van der Waals surface area (Å²) in [6.07, 6.45) is 7.17. The highest BCUT2D eigenvalue weighted by atomic mass is 32.1. The van der Waals surface area contributed by atoms with Crippen LogP contribution >= 0.6 is 11.3 Å². The number of ether oxygens (including phenoxy) is 1. The molecule has 1 fully saturated rings. The van der Waals surface area contributed by atoms with Crippen molar-refractivity contribution in [1.82, 2.24) is 5.32 Å². The normalized spacial score (nSPS) is 26.4. The first-order valence-electron chi connectivity index (χ1n) is 8.21. The summed E-state index contributed by atoms with van der Waals surface area (Å²) in [5.74, 6) is 0.874. The van der Waals surface area contributed by atoms with Crippen molar-refractivity contribution >= 4 is 17.2 Å². The molecule has 0 radical (unpaired) electrons. The van der Waals surface area contributed by atoms with Gasteiger partial charge < -0.3 is 10.1 Å². The molecule has 1 aliphatic heterocycles. The summed E-state index contributed by atoms with van der Waals surface area (Å²) in [5, 5.41) is 3.12. The molecule has 1 amide bonds. The highest BCUT2D eigenvalue weighted by molar-refractivity contribution is 7.14. The molecule has 4 heteroatoms. The van der Waals surface area contributed by atoms with Crippen molar-refractivity contribution < 1.29 is 9.53 Å². The fraction of sp³-hybridized carbons (Fsp3) is 0.706. The second-order valence-electron chi connectivity index (χ2n) is 6.39. The van der Waals surface area contributed by atoms with E-state index in [1.165, 1.54) is 23.3 Å². The van der Waals surface area contributed by atoms with Gasteiger partial charge in [0, 0.05) is 11.5 Å². The second kappa shape index (κ2) is 6.49. The zero-order valence-corrected chi connectivity index (χ0v) is 13.8. The third-order valence-electron chi connectivity index (χ3n) is 4.87. The highest BCUT2D eigenvalue weighted by Gasteiger charge is 2.26. The summed E-state index contributed by atoms with van der Waals surface area (Å²) in [5.41, 5.74) is 1.41. The molecule has 116 valence electrons. The maximum Gasteiger partial charge on any atom is 0.261 e. The van der Waals surface area contributed by atoms with Gasteiger partial charge in [-0.3, -0.25) is 4.79 Å². The smallest absolute Gasteiger partial charge is 0.261 e. The third kappa shape index (κ3) is 3.32. The minimum absolute atomic E-state index is 0.0745. The molecule has 0 bridgehead atoms. The van der Waals surface area contributed by atoms with Gasteiger partial charge >= 0.3 is 0 Å². The second-order valence-corrected chi connectivity index (χ2v) is 7.53. The van der Waals surface area contributed by atoms with E-state index in [4.69, 9.17) is 4.74 Å². The van der Waals surface area contributed by atoms with Crippen LogP contribution in [0.25, 0.3) is 0 Å². The molecule has 0 spiro atoms. The number of hydrogen-bond acceptors (Lipinski definition) is 3. The van der Waals surface area contributed by atoms with Gasteiger partial charge in [-0.05, 0) is 56.6 Å². The number of fused-ring (bicyclic) bond motifs is 1. The molecule has 1 aliphatic carbocycles. The summed E-state index contributed by atoms with van der Waals surface area (Å²) in [4.78, 5) is 14.7. The Balaban J connectivity index is 1.64. The molecule has 21 heavy (non-hydrogen) atoms. The molecular weight excluding hydrogens is 282 g/mol. The Kier molecular flexibility index (Phi) is 4.65. The van der Waals surface area contributed by atoms with Crippen molar-refractivity contribution in [3.8, 4) is 0 Å². The summed E-state index contributed by atoms with van der Waals surface area (Å²) in [6, 6.07) is 2.22. The van der Waals surface area contributed by atoms with E-state index in [0.29, 0.717) is 0 Å². The number of amides is 1. The molecule has 3 rings (SSSR count). The van der Waals surface area contributed by atoms with Crippen molar-refractivity contribution in [1.29, 1.82) is 0 Å². The SMILES string of the molecule is CC[C@H]1CCc2sc(C(=O)N[C@@H](C)[C@@H]3CCCO3)cc2C1. The van der Waals surface area contributed by atoms with Gasteiger partial charge in [0.15, 0.2) is 0 Å². The van der Waals surface area contributed by atoms with Crippen LogP contribution < -0.4 is 5.32 Å². The van der Waals surface area contributed by atoms with Crippen LogP contribution in [0.4, 0.5) is 0 Å². The lowest BCUT2D eigenvalue weighted by molar-refractivity contribution is 0.0714. The Hall–Kier alpha value is -0.870. The molecule has 0 unspecified atom stereocenters. The number of nitrogens with one attached hydrogen (secondary N) is 1. The molecule has 2 heterocycles. The highest BCUT2D eigenvalue weighted by Crippen LogP contribution is 2.33. The summed E-state index contributed by atoms with van der Waals surface area (Å²) < 4.78 is 5.65. The first kappa shape index (κ1) is 15.0. The largest absolute Gasteiger partial charge is 0.376 e. The van der Waals surface area contributed by atoms with Crippen molar-refractivity contribution in [2.24, 2.45) is 5.92 Å². The van der Waals surface area contributed by atoms with Gasteiger partial charge in [-0.25, -0.2) is 0 Å². The van der Waals surface area contributed by atoms with Crippen LogP contribution in [0.1, 0.15) is 59.6 Å². The van der Waals surface area contributed by atoms with Crippen LogP contribution in [0, 0.1) is 5.92 Å². The van der Waals surface area contributed by atoms with Crippen LogP contribution in [0.5, 0.6) is 0 Å². The Bertz CT molecular complexity index is 505. The van der Waals surface area contributed by atoms with E-state index < -0.39 is 0 Å². The van der Waals surface area contributed by atoms with E-state index >= 15 is 0 Å². The van der Waals surface area contributed by atoms with Crippen molar-refractivity contribution in [3.63, 3.8) is 0 Å². The fourth-order valence-corrected chi connectivity index (χ4v) is 4.54. The Morgan fingerprint density at radius 2 is 2.38 bits per heavy atom. The molecule has 3 atom stereocenters. The monoisotopic (exact) mass is 307 g/mol. The van der Waals surface area contributed by atoms with E-state index in [1.54, 1.807) is 11.3 Å². The molecule has 1 N–H and O–H groups in total. The van der Waals surface area contributed by atoms with Crippen molar-refractivity contribution in [2.45, 2.75) is 64.5 Å². The van der Waals surface area contributed by atoms with E-state index in [0.717, 1.165) is 43.1 Å². The van der Waals surface area contributed by atoms with Crippen LogP contribution in [-0.2, 0) is 17.6 Å². The minimum atomic E-state index is 0.0745. The average Bonchev–Trinajstić information content (AvgIpc) is 3.15. The molecule has 1 saturated heterocycles. The first-order valence-corrected chi connectivity index (χ1v) is 9.03. The van der Waals surface area contributed by atoms with Gasteiger partial charge in [-0.2, -0.15) is 0 Å². The summed E-state index contributed by atoms with van der Waals surface area (Å²) >= 11 is 1.69. The third-order valence-corrected chi connectivity index (χ3v) is 6.10. The number of rotatable bonds is 4. The summed E-state index contributed by atoms with van der Waals surface area (Å²) in [7, 11) is 0. The van der Waals surface area contributed by atoms with Crippen LogP contribution in [0.3, 0.4) is 0 Å². The topological polar surface area (TPSA) is 38.3 Å². The predicted octanol–water partition coefficient (Wildman–Crippen LogP) is 3.56. The predicted molar refractivity (Wildman–Crippen MR) is 86.0 cm³/mol. The lowest BCUT2D eigenvalue weighted by Crippen LogP contribution is -2.40. The van der Waals surface area contributed by atoms with Gasteiger partial charge in [-0.1, -0.05) is 13.3 Å². The van der Waals surface area contributed by atoms with E-state index in [1.807, 2.05) is 0 Å². The molecular formula is C17H25NO2S. The lowest BCUT2D eigenvalue weighted by Gasteiger charge is -2.19. The van der Waals surface area contributed by atoms with Crippen molar-refractivity contribution in [3.05, 3.63) is 21.4 Å². The van der Waals surface area contributed by atoms with Gasteiger partial charge in [-0.15, -0.1) is 11.3 Å². The number of hydrogen-bond donors (Lipinski definition) is 1. The van der Waals surface area contributed by atoms with E-state index in [9.17, 15) is 4.79 Å². The Morgan fingerprint density at radius 3 is 3.10 bits per heavy atom. The van der Waals surface area contributed by atoms with Crippen LogP contribution in [0.15, 0.2) is 6.07 Å². The van der Waals surface area contributed by atoms with E-state index in [2.05, 4.69) is 25.2 Å². The fourth-order valence-electron chi connectivity index (χ4n) is 3.43. The molecule has 3 nitrogen and oxygen atoms in total. The minimum Gasteiger partial charge on any atom is -0.376 e. The number of aryl methyl sites for hydroxylation is 1. The quantitative estimate of drug-likeness (QED) is 0.923. The Labute approximate surface area is 131 Å². The molecule has 0 saturated carbocycles. The lowest BCUT2D eigenvalue weighted by atomic mass is 9.87. The number of thiophene rings is 1. The number of carbonyl (C=O) groups excluding carboxylic acids is 1. The molecule has 0 aromatic carbocycles. The number of carbonyl (C=O) groups is 1. The zero-order chi connectivity index (χ0) is 14.8. The van der Waals surface area contributed by atoms with Crippen LogP contribution in [-0.4, -0.2) is 24.7 Å². The molecule has 1 aromatic heterocycles. The van der Waals surface area contributed by atoms with Gasteiger partial charge in [0.1, 0.15) is 0 Å². The Morgan fingerprint density at radius 1 is 1.52 bits per heavy atom. The first-order chi connectivity index (χ1) is 10.2. The van der Waals surface area contributed by atoms with E-state index in [-0.39, 0.29) is 18.1 Å². The standard InChI is InChI=1S/C17H25NO2S/c1-3-12-6-7-15-13(9-12)10-16(21-15)17(19)18-11(2)14-5-4-8-20-14/h10-12,14H,3-9H2,1-2H3,(H,18,19)/t11-,12-,14-/m0/s1. The van der Waals surface area contributed by atoms with Gasteiger partial charge in [0.2, 0.25) is 0 Å². The molecule has 2 aliphatic rings.